The number of hydrogen-bond acceptors (Lipinski definition) is 3. The van der Waals surface area contributed by atoms with Crippen LogP contribution < -0.4 is 10.9 Å². The minimum Gasteiger partial charge on any atom is -0.354 e. The Kier molecular flexibility index (Phi) is 6.38. The first-order valence-electron chi connectivity index (χ1n) is 11.5. The molecule has 0 fully saturated rings. The number of para-hydroxylation sites is 1. The van der Waals surface area contributed by atoms with E-state index in [0.717, 1.165) is 27.4 Å². The maximum Gasteiger partial charge on any atom is 0.291 e. The van der Waals surface area contributed by atoms with Gasteiger partial charge in [-0.15, -0.1) is 0 Å². The second-order valence-corrected chi connectivity index (χ2v) is 9.15. The van der Waals surface area contributed by atoms with E-state index < -0.39 is 0 Å². The van der Waals surface area contributed by atoms with Crippen molar-refractivity contribution in [3.63, 3.8) is 0 Å². The van der Waals surface area contributed by atoms with Crippen LogP contribution in [0.1, 0.15) is 24.0 Å². The molecule has 0 radical (unpaired) electrons. The van der Waals surface area contributed by atoms with Crippen molar-refractivity contribution in [1.29, 1.82) is 0 Å². The summed E-state index contributed by atoms with van der Waals surface area (Å²) in [5, 5.41) is 9.65. The SMILES string of the molecule is C[C@@H](CNC(=O)Cn1ncc2c3ccccc3n(Cc3ccc(Cl)cc3)c2c1=O)c1ccccc1. The van der Waals surface area contributed by atoms with Crippen LogP contribution in [0, 0.1) is 0 Å². The van der Waals surface area contributed by atoms with Gasteiger partial charge in [0.05, 0.1) is 6.20 Å². The zero-order valence-electron chi connectivity index (χ0n) is 19.3. The second kappa shape index (κ2) is 9.76. The lowest BCUT2D eigenvalue weighted by molar-refractivity contribution is -0.121. The highest BCUT2D eigenvalue weighted by Gasteiger charge is 2.17. The third-order valence-corrected chi connectivity index (χ3v) is 6.55. The number of amides is 1. The Hall–Kier alpha value is -3.90. The Balaban J connectivity index is 1.44. The molecule has 0 saturated heterocycles. The molecule has 1 amide bonds. The lowest BCUT2D eigenvalue weighted by atomic mass is 10.0. The van der Waals surface area contributed by atoms with Gasteiger partial charge in [0.15, 0.2) is 0 Å². The summed E-state index contributed by atoms with van der Waals surface area (Å²) >= 11 is 6.05. The van der Waals surface area contributed by atoms with E-state index in [0.29, 0.717) is 23.6 Å². The number of carbonyl (C=O) groups excluding carboxylic acids is 1. The zero-order chi connectivity index (χ0) is 24.4. The molecule has 0 spiro atoms. The van der Waals surface area contributed by atoms with E-state index in [1.807, 2.05) is 83.4 Å². The molecular formula is C28H25ClN4O2. The average Bonchev–Trinajstić information content (AvgIpc) is 3.20. The van der Waals surface area contributed by atoms with E-state index in [2.05, 4.69) is 17.3 Å². The molecule has 2 heterocycles. The van der Waals surface area contributed by atoms with Crippen LogP contribution in [-0.4, -0.2) is 26.8 Å². The third kappa shape index (κ3) is 4.70. The van der Waals surface area contributed by atoms with Gasteiger partial charge >= 0.3 is 0 Å². The minimum atomic E-state index is -0.293. The normalized spacial score (nSPS) is 12.2. The van der Waals surface area contributed by atoms with Gasteiger partial charge in [-0.3, -0.25) is 9.59 Å². The fourth-order valence-electron chi connectivity index (χ4n) is 4.40. The molecular weight excluding hydrogens is 460 g/mol. The molecule has 35 heavy (non-hydrogen) atoms. The molecule has 1 atom stereocenters. The second-order valence-electron chi connectivity index (χ2n) is 8.72. The number of fused-ring (bicyclic) bond motifs is 3. The van der Waals surface area contributed by atoms with Crippen LogP contribution in [0.2, 0.25) is 5.02 Å². The Morgan fingerprint density at radius 3 is 2.46 bits per heavy atom. The number of hydrogen-bond donors (Lipinski definition) is 1. The maximum absolute atomic E-state index is 13.5. The Morgan fingerprint density at radius 1 is 0.971 bits per heavy atom. The molecule has 5 rings (SSSR count). The van der Waals surface area contributed by atoms with Gasteiger partial charge in [0, 0.05) is 34.4 Å². The molecule has 3 aromatic carbocycles. The summed E-state index contributed by atoms with van der Waals surface area (Å²) in [6, 6.07) is 25.5. The smallest absolute Gasteiger partial charge is 0.291 e. The first-order valence-corrected chi connectivity index (χ1v) is 11.9. The molecule has 7 heteroatoms. The molecule has 0 saturated carbocycles. The molecule has 0 aliphatic heterocycles. The fourth-order valence-corrected chi connectivity index (χ4v) is 4.53. The number of nitrogens with zero attached hydrogens (tertiary/aromatic N) is 3. The van der Waals surface area contributed by atoms with Crippen LogP contribution in [0.4, 0.5) is 0 Å². The first-order chi connectivity index (χ1) is 17.0. The number of halogens is 1. The van der Waals surface area contributed by atoms with Crippen molar-refractivity contribution in [1.82, 2.24) is 19.7 Å². The number of nitrogens with one attached hydrogen (secondary N) is 1. The molecule has 0 unspecified atom stereocenters. The third-order valence-electron chi connectivity index (χ3n) is 6.29. The molecule has 6 nitrogen and oxygen atoms in total. The number of carbonyl (C=O) groups is 1. The van der Waals surface area contributed by atoms with E-state index in [1.54, 1.807) is 6.20 Å². The molecule has 1 N–H and O–H groups in total. The topological polar surface area (TPSA) is 68.9 Å². The monoisotopic (exact) mass is 484 g/mol. The largest absolute Gasteiger partial charge is 0.354 e. The van der Waals surface area contributed by atoms with E-state index in [4.69, 9.17) is 11.6 Å². The lowest BCUT2D eigenvalue weighted by Gasteiger charge is -2.13. The molecule has 5 aromatic rings. The predicted octanol–water partition coefficient (Wildman–Crippen LogP) is 4.97. The summed E-state index contributed by atoms with van der Waals surface area (Å²) in [7, 11) is 0. The standard InChI is InChI=1S/C28H25ClN4O2/c1-19(21-7-3-2-4-8-21)15-30-26(34)18-33-28(35)27-24(16-31-33)23-9-5-6-10-25(23)32(27)17-20-11-13-22(29)14-12-20/h2-14,16,19H,15,17-18H2,1H3,(H,30,34)/t19-/m0/s1. The maximum atomic E-state index is 13.5. The van der Waals surface area contributed by atoms with Gasteiger partial charge in [-0.2, -0.15) is 5.10 Å². The Bertz CT molecular complexity index is 1560. The lowest BCUT2D eigenvalue weighted by Crippen LogP contribution is -2.35. The van der Waals surface area contributed by atoms with Crippen molar-refractivity contribution in [3.05, 3.63) is 112 Å². The van der Waals surface area contributed by atoms with Crippen molar-refractivity contribution in [2.45, 2.75) is 25.9 Å². The van der Waals surface area contributed by atoms with Crippen LogP contribution >= 0.6 is 11.6 Å². The Morgan fingerprint density at radius 2 is 1.69 bits per heavy atom. The molecule has 176 valence electrons. The van der Waals surface area contributed by atoms with Crippen LogP contribution in [0.25, 0.3) is 21.8 Å². The van der Waals surface area contributed by atoms with Gasteiger partial charge in [0.1, 0.15) is 12.1 Å². The van der Waals surface area contributed by atoms with Crippen LogP contribution in [-0.2, 0) is 17.9 Å². The van der Waals surface area contributed by atoms with Crippen LogP contribution in [0.5, 0.6) is 0 Å². The predicted molar refractivity (Wildman–Crippen MR) is 140 cm³/mol. The highest BCUT2D eigenvalue weighted by atomic mass is 35.5. The summed E-state index contributed by atoms with van der Waals surface area (Å²) in [5.74, 6) is -0.0867. The molecule has 0 bridgehead atoms. The highest BCUT2D eigenvalue weighted by molar-refractivity contribution is 6.30. The van der Waals surface area contributed by atoms with Crippen LogP contribution in [0.15, 0.2) is 89.9 Å². The van der Waals surface area contributed by atoms with Gasteiger partial charge in [0.25, 0.3) is 5.56 Å². The molecule has 2 aromatic heterocycles. The van der Waals surface area contributed by atoms with Crippen molar-refractivity contribution < 1.29 is 4.79 Å². The summed E-state index contributed by atoms with van der Waals surface area (Å²) < 4.78 is 3.23. The molecule has 0 aliphatic carbocycles. The minimum absolute atomic E-state index is 0.140. The van der Waals surface area contributed by atoms with E-state index >= 15 is 0 Å². The van der Waals surface area contributed by atoms with Gasteiger partial charge in [0.2, 0.25) is 5.91 Å². The number of rotatable bonds is 7. The van der Waals surface area contributed by atoms with E-state index in [-0.39, 0.29) is 23.9 Å². The van der Waals surface area contributed by atoms with Crippen molar-refractivity contribution in [3.8, 4) is 0 Å². The summed E-state index contributed by atoms with van der Waals surface area (Å²) in [4.78, 5) is 26.2. The quantitative estimate of drug-likeness (QED) is 0.354. The van der Waals surface area contributed by atoms with Gasteiger partial charge < -0.3 is 9.88 Å². The average molecular weight is 485 g/mol. The number of benzene rings is 3. The summed E-state index contributed by atoms with van der Waals surface area (Å²) in [6.45, 7) is 2.90. The van der Waals surface area contributed by atoms with Gasteiger partial charge in [-0.05, 0) is 35.2 Å². The van der Waals surface area contributed by atoms with Crippen LogP contribution in [0.3, 0.4) is 0 Å². The fraction of sp³-hybridized carbons (Fsp3) is 0.179. The van der Waals surface area contributed by atoms with E-state index in [1.165, 1.54) is 4.68 Å². The number of aromatic nitrogens is 3. The van der Waals surface area contributed by atoms with E-state index in [9.17, 15) is 9.59 Å². The van der Waals surface area contributed by atoms with Gasteiger partial charge in [-0.25, -0.2) is 4.68 Å². The van der Waals surface area contributed by atoms with Gasteiger partial charge in [-0.1, -0.05) is 79.2 Å². The van der Waals surface area contributed by atoms with Crippen molar-refractivity contribution in [2.24, 2.45) is 0 Å². The van der Waals surface area contributed by atoms with Crippen molar-refractivity contribution in [2.75, 3.05) is 6.54 Å². The summed E-state index contributed by atoms with van der Waals surface area (Å²) in [5.41, 5.74) is 3.35. The Labute approximate surface area is 207 Å². The zero-order valence-corrected chi connectivity index (χ0v) is 20.1. The highest BCUT2D eigenvalue weighted by Crippen LogP contribution is 2.27. The van der Waals surface area contributed by atoms with Crippen molar-refractivity contribution >= 4 is 39.3 Å². The summed E-state index contributed by atoms with van der Waals surface area (Å²) in [6.07, 6.45) is 1.68. The first kappa shape index (κ1) is 22.9. The molecule has 0 aliphatic rings.